The lowest BCUT2D eigenvalue weighted by Gasteiger charge is -2.28. The van der Waals surface area contributed by atoms with E-state index >= 15 is 0 Å². The second-order valence-corrected chi connectivity index (χ2v) is 7.23. The zero-order valence-electron chi connectivity index (χ0n) is 16.6. The molecule has 1 aliphatic heterocycles. The van der Waals surface area contributed by atoms with Crippen LogP contribution in [0.5, 0.6) is 0 Å². The third-order valence-electron chi connectivity index (χ3n) is 4.84. The maximum absolute atomic E-state index is 14.3. The molecule has 1 aromatic carbocycles. The Kier molecular flexibility index (Phi) is 5.18. The Morgan fingerprint density at radius 2 is 1.84 bits per heavy atom. The average Bonchev–Trinajstić information content (AvgIpc) is 3.10. The van der Waals surface area contributed by atoms with Crippen LogP contribution < -0.4 is 11.1 Å². The molecule has 3 heterocycles. The summed E-state index contributed by atoms with van der Waals surface area (Å²) in [4.78, 5) is 16.4. The Bertz CT molecular complexity index is 1160. The van der Waals surface area contributed by atoms with E-state index in [1.807, 2.05) is 0 Å². The molecule has 2 aromatic heterocycles. The van der Waals surface area contributed by atoms with Gasteiger partial charge in [0.05, 0.1) is 0 Å². The lowest BCUT2D eigenvalue weighted by Crippen LogP contribution is -2.41. The van der Waals surface area contributed by atoms with Gasteiger partial charge in [-0.25, -0.2) is 18.8 Å². The quantitative estimate of drug-likeness (QED) is 0.614. The van der Waals surface area contributed by atoms with Crippen molar-refractivity contribution in [2.45, 2.75) is 18.4 Å². The Labute approximate surface area is 176 Å². The molecule has 0 fully saturated rings. The molecule has 1 aliphatic rings. The minimum absolute atomic E-state index is 0.0351. The number of nitrogens with two attached hydrogens (primary N) is 1. The Hall–Kier alpha value is -3.75. The summed E-state index contributed by atoms with van der Waals surface area (Å²) in [7, 11) is 0. The van der Waals surface area contributed by atoms with Crippen molar-refractivity contribution in [3.8, 4) is 11.1 Å². The fraction of sp³-hybridized carbons (Fsp3) is 0.182. The molecular formula is C22H19F3N6. The number of halogens is 3. The number of aliphatic imine (C=N–C) groups is 2. The summed E-state index contributed by atoms with van der Waals surface area (Å²) in [6.45, 7) is 0.0397. The van der Waals surface area contributed by atoms with Crippen LogP contribution in [0.2, 0.25) is 0 Å². The van der Waals surface area contributed by atoms with Crippen molar-refractivity contribution in [3.05, 3.63) is 84.2 Å². The highest BCUT2D eigenvalue weighted by molar-refractivity contribution is 6.12. The Morgan fingerprint density at radius 3 is 2.55 bits per heavy atom. The molecule has 0 amide bonds. The van der Waals surface area contributed by atoms with Gasteiger partial charge >= 0.3 is 0 Å². The molecule has 1 unspecified atom stereocenters. The van der Waals surface area contributed by atoms with Gasteiger partial charge in [-0.1, -0.05) is 18.2 Å². The summed E-state index contributed by atoms with van der Waals surface area (Å²) >= 11 is 0. The van der Waals surface area contributed by atoms with Crippen LogP contribution in [-0.4, -0.2) is 34.2 Å². The first-order chi connectivity index (χ1) is 14.8. The number of aromatic nitrogens is 2. The first kappa shape index (κ1) is 20.5. The second kappa shape index (κ2) is 7.82. The van der Waals surface area contributed by atoms with Gasteiger partial charge < -0.3 is 11.1 Å². The van der Waals surface area contributed by atoms with Crippen LogP contribution in [0.3, 0.4) is 0 Å². The minimum Gasteiger partial charge on any atom is -0.370 e. The van der Waals surface area contributed by atoms with Gasteiger partial charge in [0.1, 0.15) is 12.4 Å². The SMILES string of the molecule is CC(F)(F)CN=C1NC(N)=NC1(c1ccncc1)c1cccc(-c2cccnc2F)c1. The smallest absolute Gasteiger partial charge is 0.264 e. The topological polar surface area (TPSA) is 88.5 Å². The predicted octanol–water partition coefficient (Wildman–Crippen LogP) is 3.50. The fourth-order valence-corrected chi connectivity index (χ4v) is 3.52. The van der Waals surface area contributed by atoms with Gasteiger partial charge in [-0.05, 0) is 47.0 Å². The number of nitrogens with zero attached hydrogens (tertiary/aromatic N) is 4. The van der Waals surface area contributed by atoms with Crippen molar-refractivity contribution in [2.75, 3.05) is 6.54 Å². The number of benzene rings is 1. The van der Waals surface area contributed by atoms with E-state index in [9.17, 15) is 13.2 Å². The summed E-state index contributed by atoms with van der Waals surface area (Å²) in [5.41, 5.74) is 6.71. The molecule has 3 aromatic rings. The third kappa shape index (κ3) is 3.98. The molecule has 4 rings (SSSR count). The number of rotatable bonds is 5. The number of nitrogens with one attached hydrogen (secondary N) is 1. The molecule has 3 N–H and O–H groups in total. The van der Waals surface area contributed by atoms with Gasteiger partial charge in [-0.3, -0.25) is 9.98 Å². The van der Waals surface area contributed by atoms with Gasteiger partial charge in [-0.15, -0.1) is 0 Å². The highest BCUT2D eigenvalue weighted by atomic mass is 19.3. The van der Waals surface area contributed by atoms with Crippen molar-refractivity contribution >= 4 is 11.8 Å². The van der Waals surface area contributed by atoms with Crippen molar-refractivity contribution < 1.29 is 13.2 Å². The fourth-order valence-electron chi connectivity index (χ4n) is 3.52. The van der Waals surface area contributed by atoms with E-state index in [1.54, 1.807) is 60.9 Å². The second-order valence-electron chi connectivity index (χ2n) is 7.23. The molecule has 0 spiro atoms. The molecular weight excluding hydrogens is 405 g/mol. The number of amidine groups is 1. The van der Waals surface area contributed by atoms with E-state index in [0.717, 1.165) is 6.92 Å². The largest absolute Gasteiger partial charge is 0.370 e. The Morgan fingerprint density at radius 1 is 1.06 bits per heavy atom. The van der Waals surface area contributed by atoms with Crippen LogP contribution in [0.15, 0.2) is 77.1 Å². The number of hydrogen-bond acceptors (Lipinski definition) is 5. The lowest BCUT2D eigenvalue weighted by molar-refractivity contribution is 0.0325. The lowest BCUT2D eigenvalue weighted by atomic mass is 9.82. The van der Waals surface area contributed by atoms with E-state index < -0.39 is 24.0 Å². The third-order valence-corrected chi connectivity index (χ3v) is 4.84. The number of alkyl halides is 2. The standard InChI is InChI=1S/C22H19F3N6/c1-21(24,25)13-29-19-22(31-20(26)30-19,15-7-10-27-11-8-15)16-5-2-4-14(12-16)17-6-3-9-28-18(17)23/h2-12H,13H2,1H3,(H3,26,29,30,31). The molecule has 6 nitrogen and oxygen atoms in total. The number of pyridine rings is 2. The van der Waals surface area contributed by atoms with Gasteiger partial charge in [0.15, 0.2) is 11.5 Å². The summed E-state index contributed by atoms with van der Waals surface area (Å²) < 4.78 is 41.5. The highest BCUT2D eigenvalue weighted by Crippen LogP contribution is 2.39. The monoisotopic (exact) mass is 424 g/mol. The van der Waals surface area contributed by atoms with Crippen LogP contribution >= 0.6 is 0 Å². The summed E-state index contributed by atoms with van der Waals surface area (Å²) in [6, 6.07) is 13.6. The van der Waals surface area contributed by atoms with E-state index in [0.29, 0.717) is 22.3 Å². The molecule has 31 heavy (non-hydrogen) atoms. The average molecular weight is 424 g/mol. The molecule has 0 radical (unpaired) electrons. The maximum Gasteiger partial charge on any atom is 0.264 e. The van der Waals surface area contributed by atoms with E-state index in [2.05, 4.69) is 25.3 Å². The summed E-state index contributed by atoms with van der Waals surface area (Å²) in [5, 5.41) is 2.82. The predicted molar refractivity (Wildman–Crippen MR) is 112 cm³/mol. The zero-order valence-corrected chi connectivity index (χ0v) is 16.6. The first-order valence-corrected chi connectivity index (χ1v) is 9.47. The van der Waals surface area contributed by atoms with Crippen molar-refractivity contribution in [1.82, 2.24) is 15.3 Å². The maximum atomic E-state index is 14.3. The minimum atomic E-state index is -3.02. The van der Waals surface area contributed by atoms with Gasteiger partial charge in [0.2, 0.25) is 5.95 Å². The molecule has 9 heteroatoms. The van der Waals surface area contributed by atoms with E-state index in [-0.39, 0.29) is 11.8 Å². The Balaban J connectivity index is 1.93. The zero-order chi connectivity index (χ0) is 22.1. The van der Waals surface area contributed by atoms with Gasteiger partial charge in [0.25, 0.3) is 5.92 Å². The van der Waals surface area contributed by atoms with Crippen LogP contribution in [0, 0.1) is 5.95 Å². The number of guanidine groups is 1. The van der Waals surface area contributed by atoms with Crippen LogP contribution in [0.4, 0.5) is 13.2 Å². The van der Waals surface area contributed by atoms with Crippen molar-refractivity contribution in [1.29, 1.82) is 0 Å². The molecule has 0 saturated carbocycles. The highest BCUT2D eigenvalue weighted by Gasteiger charge is 2.45. The van der Waals surface area contributed by atoms with Crippen LogP contribution in [0.1, 0.15) is 18.1 Å². The summed E-state index contributed by atoms with van der Waals surface area (Å²) in [6.07, 6.45) is 4.50. The van der Waals surface area contributed by atoms with Gasteiger partial charge in [-0.2, -0.15) is 4.39 Å². The molecule has 158 valence electrons. The van der Waals surface area contributed by atoms with Crippen molar-refractivity contribution in [3.63, 3.8) is 0 Å². The van der Waals surface area contributed by atoms with E-state index in [1.165, 1.54) is 6.20 Å². The van der Waals surface area contributed by atoms with E-state index in [4.69, 9.17) is 5.73 Å². The van der Waals surface area contributed by atoms with Crippen LogP contribution in [0.25, 0.3) is 11.1 Å². The molecule has 1 atom stereocenters. The van der Waals surface area contributed by atoms with Crippen LogP contribution in [-0.2, 0) is 5.54 Å². The summed E-state index contributed by atoms with van der Waals surface area (Å²) in [5.74, 6) is -3.45. The normalized spacial score (nSPS) is 19.9. The first-order valence-electron chi connectivity index (χ1n) is 9.47. The van der Waals surface area contributed by atoms with Gasteiger partial charge in [0, 0.05) is 31.1 Å². The molecule has 0 aliphatic carbocycles. The molecule has 0 saturated heterocycles. The van der Waals surface area contributed by atoms with Crippen molar-refractivity contribution in [2.24, 2.45) is 15.7 Å². The molecule has 0 bridgehead atoms. The number of hydrogen-bond donors (Lipinski definition) is 2.